The number of carboxylic acid groups (broad SMARTS) is 1. The molecule has 0 aliphatic heterocycles. The van der Waals surface area contributed by atoms with Gasteiger partial charge in [-0.15, -0.1) is 6.58 Å². The topological polar surface area (TPSA) is 63.6 Å². The molecule has 1 N–H and O–H groups in total. The third kappa shape index (κ3) is 12.3. The van der Waals surface area contributed by atoms with Crippen LogP contribution >= 0.6 is 0 Å². The molecule has 0 fully saturated rings. The fourth-order valence-corrected chi connectivity index (χ4v) is 1.92. The van der Waals surface area contributed by atoms with Crippen molar-refractivity contribution in [3.8, 4) is 0 Å². The van der Waals surface area contributed by atoms with Gasteiger partial charge in [-0.25, -0.2) is 0 Å². The largest absolute Gasteiger partial charge is 0.481 e. The molecule has 0 aliphatic rings. The first-order valence-corrected chi connectivity index (χ1v) is 8.85. The maximum absolute atomic E-state index is 10.8. The molecule has 2 atom stereocenters. The molecule has 0 heterocycles. The molecule has 0 aromatic rings. The van der Waals surface area contributed by atoms with Crippen molar-refractivity contribution in [3.63, 3.8) is 0 Å². The van der Waals surface area contributed by atoms with E-state index in [0.717, 1.165) is 19.3 Å². The van der Waals surface area contributed by atoms with Gasteiger partial charge in [0, 0.05) is 0 Å². The molecule has 0 aromatic heterocycles. The van der Waals surface area contributed by atoms with Crippen LogP contribution in [-0.2, 0) is 14.3 Å². The van der Waals surface area contributed by atoms with Crippen LogP contribution in [0.3, 0.4) is 0 Å². The van der Waals surface area contributed by atoms with Crippen molar-refractivity contribution in [1.82, 2.24) is 0 Å². The Bertz CT molecular complexity index is 522. The molecule has 0 aliphatic carbocycles. The van der Waals surface area contributed by atoms with Gasteiger partial charge in [-0.05, 0) is 73.3 Å². The monoisotopic (exact) mass is 364 g/mol. The molecule has 4 nitrogen and oxygen atoms in total. The summed E-state index contributed by atoms with van der Waals surface area (Å²) in [6.45, 7) is 19.3. The van der Waals surface area contributed by atoms with Crippen LogP contribution in [0.2, 0.25) is 0 Å². The highest BCUT2D eigenvalue weighted by atomic mass is 16.5. The molecule has 2 unspecified atom stereocenters. The minimum atomic E-state index is -0.801. The average molecular weight is 365 g/mol. The lowest BCUT2D eigenvalue weighted by molar-refractivity contribution is -0.145. The number of hydrogen-bond donors (Lipinski definition) is 1. The summed E-state index contributed by atoms with van der Waals surface area (Å²) in [5, 5.41) is 8.91. The van der Waals surface area contributed by atoms with Crippen molar-refractivity contribution >= 4 is 12.4 Å². The normalized spacial score (nSPS) is 14.2. The second-order valence-corrected chi connectivity index (χ2v) is 7.30. The van der Waals surface area contributed by atoms with E-state index in [1.165, 1.54) is 17.2 Å². The molecule has 0 rings (SSSR count). The smallest absolute Gasteiger partial charge is 0.313 e. The van der Waals surface area contributed by atoms with E-state index in [1.54, 1.807) is 13.0 Å². The lowest BCUT2D eigenvalue weighted by Gasteiger charge is -2.22. The zero-order valence-corrected chi connectivity index (χ0v) is 17.3. The maximum atomic E-state index is 10.8. The van der Waals surface area contributed by atoms with E-state index in [1.807, 2.05) is 40.7 Å². The summed E-state index contributed by atoms with van der Waals surface area (Å²) in [4.78, 5) is 21.0. The number of allylic oxidation sites excluding steroid dienone is 4. The molecule has 148 valence electrons. The highest BCUT2D eigenvalue weighted by Crippen LogP contribution is 2.25. The van der Waals surface area contributed by atoms with Gasteiger partial charge in [-0.1, -0.05) is 36.0 Å². The van der Waals surface area contributed by atoms with E-state index in [-0.39, 0.29) is 0 Å². The predicted molar refractivity (Wildman–Crippen MR) is 109 cm³/mol. The van der Waals surface area contributed by atoms with Gasteiger partial charge in [-0.2, -0.15) is 0 Å². The second kappa shape index (κ2) is 13.2. The summed E-state index contributed by atoms with van der Waals surface area (Å²) in [7, 11) is 0. The number of ether oxygens (including phenoxy) is 1. The van der Waals surface area contributed by atoms with Gasteiger partial charge in [-0.3, -0.25) is 9.59 Å². The van der Waals surface area contributed by atoms with E-state index in [9.17, 15) is 9.59 Å². The van der Waals surface area contributed by atoms with Gasteiger partial charge in [0.1, 0.15) is 5.60 Å². The highest BCUT2D eigenvalue weighted by Gasteiger charge is 2.28. The number of rotatable bonds is 11. The van der Waals surface area contributed by atoms with E-state index in [2.05, 4.69) is 19.2 Å². The fourth-order valence-electron chi connectivity index (χ4n) is 1.92. The molecule has 0 bridgehead atoms. The van der Waals surface area contributed by atoms with Gasteiger partial charge in [0.05, 0.1) is 5.41 Å². The van der Waals surface area contributed by atoms with Crippen molar-refractivity contribution in [2.45, 2.75) is 72.8 Å². The summed E-state index contributed by atoms with van der Waals surface area (Å²) in [6.07, 6.45) is 10.4. The number of carbonyl (C=O) groups is 2. The summed E-state index contributed by atoms with van der Waals surface area (Å²) < 4.78 is 4.93. The second-order valence-electron chi connectivity index (χ2n) is 7.30. The Labute approximate surface area is 159 Å². The fraction of sp³-hybridized carbons (Fsp3) is 0.545. The Morgan fingerprint density at radius 1 is 0.962 bits per heavy atom. The first kappa shape index (κ1) is 26.1. The third-order valence-corrected chi connectivity index (χ3v) is 4.10. The average Bonchev–Trinajstić information content (AvgIpc) is 2.54. The quantitative estimate of drug-likeness (QED) is 0.368. The number of aliphatic carboxylic acids is 1. The van der Waals surface area contributed by atoms with Crippen molar-refractivity contribution in [2.75, 3.05) is 0 Å². The van der Waals surface area contributed by atoms with Crippen molar-refractivity contribution in [3.05, 3.63) is 48.6 Å². The first-order chi connectivity index (χ1) is 12.0. The lowest BCUT2D eigenvalue weighted by atomic mass is 9.85. The third-order valence-electron chi connectivity index (χ3n) is 4.10. The minimum Gasteiger partial charge on any atom is -0.481 e. The number of carboxylic acids is 1. The van der Waals surface area contributed by atoms with Gasteiger partial charge in [0.25, 0.3) is 6.47 Å². The van der Waals surface area contributed by atoms with Crippen molar-refractivity contribution < 1.29 is 19.4 Å². The highest BCUT2D eigenvalue weighted by molar-refractivity contribution is 5.76. The molecule has 4 heteroatoms. The molecule has 0 spiro atoms. The first-order valence-electron chi connectivity index (χ1n) is 8.85. The van der Waals surface area contributed by atoms with Crippen LogP contribution in [0.15, 0.2) is 48.6 Å². The van der Waals surface area contributed by atoms with E-state index in [4.69, 9.17) is 9.84 Å². The molecule has 0 aromatic carbocycles. The van der Waals surface area contributed by atoms with E-state index in [0.29, 0.717) is 12.9 Å². The molecule has 0 saturated heterocycles. The molecule has 0 radical (unpaired) electrons. The predicted octanol–water partition coefficient (Wildman–Crippen LogP) is 5.86. The van der Waals surface area contributed by atoms with Gasteiger partial charge < -0.3 is 9.84 Å². The van der Waals surface area contributed by atoms with Crippen LogP contribution in [0.25, 0.3) is 0 Å². The summed E-state index contributed by atoms with van der Waals surface area (Å²) in [6, 6.07) is 0. The van der Waals surface area contributed by atoms with Crippen LogP contribution < -0.4 is 0 Å². The molecular weight excluding hydrogens is 328 g/mol. The SMILES string of the molecule is C=CC(C)(CCC=C(C)C)C(=O)O.C=CC(C)(CCC=C(C)C)OC=O. The maximum Gasteiger partial charge on any atom is 0.313 e. The number of carbonyl (C=O) groups excluding carboxylic acids is 1. The Morgan fingerprint density at radius 2 is 1.42 bits per heavy atom. The van der Waals surface area contributed by atoms with E-state index >= 15 is 0 Å². The standard InChI is InChI=1S/2C11H18O2/c1-5-11(4,13-9-12)8-6-7-10(2)3;1-5-11(4,10(12)13)8-6-7-9(2)3/h5,7,9H,1,6,8H2,2-4H3;5,7H,1,6,8H2,2-4H3,(H,12,13). The van der Waals surface area contributed by atoms with Crippen molar-refractivity contribution in [1.29, 1.82) is 0 Å². The Morgan fingerprint density at radius 3 is 1.73 bits per heavy atom. The van der Waals surface area contributed by atoms with E-state index < -0.39 is 17.0 Å². The van der Waals surface area contributed by atoms with Crippen LogP contribution in [0.5, 0.6) is 0 Å². The number of hydrogen-bond acceptors (Lipinski definition) is 3. The van der Waals surface area contributed by atoms with Crippen LogP contribution in [0.4, 0.5) is 0 Å². The Balaban J connectivity index is 0. The van der Waals surface area contributed by atoms with Crippen molar-refractivity contribution in [2.24, 2.45) is 5.41 Å². The summed E-state index contributed by atoms with van der Waals surface area (Å²) in [5.41, 5.74) is 1.19. The van der Waals surface area contributed by atoms with Crippen LogP contribution in [0, 0.1) is 5.41 Å². The van der Waals surface area contributed by atoms with Crippen LogP contribution in [-0.4, -0.2) is 23.1 Å². The lowest BCUT2D eigenvalue weighted by Crippen LogP contribution is -2.24. The van der Waals surface area contributed by atoms with Crippen LogP contribution in [0.1, 0.15) is 67.2 Å². The molecule has 26 heavy (non-hydrogen) atoms. The zero-order chi connectivity index (χ0) is 20.8. The van der Waals surface area contributed by atoms with Gasteiger partial charge >= 0.3 is 5.97 Å². The van der Waals surface area contributed by atoms with Gasteiger partial charge in [0.2, 0.25) is 0 Å². The summed E-state index contributed by atoms with van der Waals surface area (Å²) in [5.74, 6) is -0.801. The molecule has 0 amide bonds. The van der Waals surface area contributed by atoms with Gasteiger partial charge in [0.15, 0.2) is 0 Å². The molecule has 0 saturated carbocycles. The minimum absolute atomic E-state index is 0.476. The zero-order valence-electron chi connectivity index (χ0n) is 17.3. The Hall–Kier alpha value is -2.10. The Kier molecular flexibility index (Phi) is 13.2. The molecular formula is C22H36O4. The summed E-state index contributed by atoms with van der Waals surface area (Å²) >= 11 is 0.